The minimum absolute atomic E-state index is 0.0423. The lowest BCUT2D eigenvalue weighted by Crippen LogP contribution is -2.29. The van der Waals surface area contributed by atoms with Crippen LogP contribution in [-0.2, 0) is 6.54 Å². The molecular formula is C24H18FNO4. The van der Waals surface area contributed by atoms with Gasteiger partial charge in [-0.2, -0.15) is 0 Å². The zero-order valence-electron chi connectivity index (χ0n) is 16.4. The number of fused-ring (bicyclic) bond motifs is 2. The molecule has 0 saturated heterocycles. The number of furan rings is 1. The Bertz CT molecular complexity index is 1350. The maximum absolute atomic E-state index is 14.8. The molecule has 30 heavy (non-hydrogen) atoms. The highest BCUT2D eigenvalue weighted by molar-refractivity contribution is 5.99. The van der Waals surface area contributed by atoms with E-state index in [1.165, 1.54) is 17.2 Å². The summed E-state index contributed by atoms with van der Waals surface area (Å²) in [6.45, 7) is 3.81. The van der Waals surface area contributed by atoms with Crippen LogP contribution in [0.25, 0.3) is 11.0 Å². The first-order chi connectivity index (χ1) is 14.5. The molecule has 0 N–H and O–H groups in total. The minimum atomic E-state index is -0.903. The van der Waals surface area contributed by atoms with E-state index in [1.54, 1.807) is 36.4 Å². The summed E-state index contributed by atoms with van der Waals surface area (Å²) in [4.78, 5) is 28.3. The zero-order chi connectivity index (χ0) is 21.0. The normalized spacial score (nSPS) is 15.8. The van der Waals surface area contributed by atoms with E-state index in [1.807, 2.05) is 19.9 Å². The zero-order valence-corrected chi connectivity index (χ0v) is 16.4. The van der Waals surface area contributed by atoms with Gasteiger partial charge in [0.2, 0.25) is 5.76 Å². The summed E-state index contributed by atoms with van der Waals surface area (Å²) in [5, 5.41) is 0.389. The second-order valence-electron chi connectivity index (χ2n) is 7.57. The van der Waals surface area contributed by atoms with Gasteiger partial charge in [0.25, 0.3) is 5.91 Å². The van der Waals surface area contributed by atoms with E-state index in [0.29, 0.717) is 16.7 Å². The van der Waals surface area contributed by atoms with Gasteiger partial charge in [-0.05, 0) is 49.2 Å². The summed E-state index contributed by atoms with van der Waals surface area (Å²) in [6.07, 6.45) is 1.50. The number of carbonyl (C=O) groups is 1. The van der Waals surface area contributed by atoms with Crippen molar-refractivity contribution in [3.63, 3.8) is 0 Å². The van der Waals surface area contributed by atoms with Gasteiger partial charge in [0.1, 0.15) is 17.2 Å². The lowest BCUT2D eigenvalue weighted by Gasteiger charge is -2.24. The first-order valence-electron chi connectivity index (χ1n) is 9.61. The van der Waals surface area contributed by atoms with Gasteiger partial charge in [-0.1, -0.05) is 24.3 Å². The summed E-state index contributed by atoms with van der Waals surface area (Å²) in [6, 6.07) is 12.3. The number of halogens is 1. The third-order valence-electron chi connectivity index (χ3n) is 5.50. The van der Waals surface area contributed by atoms with E-state index in [4.69, 9.17) is 8.83 Å². The van der Waals surface area contributed by atoms with E-state index in [-0.39, 0.29) is 28.9 Å². The van der Waals surface area contributed by atoms with Crippen molar-refractivity contribution in [1.29, 1.82) is 0 Å². The van der Waals surface area contributed by atoms with E-state index < -0.39 is 17.8 Å². The Balaban J connectivity index is 1.80. The number of rotatable bonds is 3. The van der Waals surface area contributed by atoms with Gasteiger partial charge in [-0.25, -0.2) is 4.39 Å². The Labute approximate surface area is 171 Å². The SMILES string of the molecule is Cc1cc(C)c2oc3c(c(=O)c2c1)C(c1ccccc1F)N(Cc1ccco1)C3=O. The molecule has 0 saturated carbocycles. The predicted octanol–water partition coefficient (Wildman–Crippen LogP) is 4.89. The quantitative estimate of drug-likeness (QED) is 0.489. The molecular weight excluding hydrogens is 385 g/mol. The first kappa shape index (κ1) is 18.4. The van der Waals surface area contributed by atoms with Crippen LogP contribution in [-0.4, -0.2) is 10.8 Å². The van der Waals surface area contributed by atoms with Crippen LogP contribution < -0.4 is 5.43 Å². The molecule has 6 heteroatoms. The van der Waals surface area contributed by atoms with Gasteiger partial charge in [0.15, 0.2) is 5.43 Å². The predicted molar refractivity (Wildman–Crippen MR) is 109 cm³/mol. The molecule has 150 valence electrons. The average molecular weight is 403 g/mol. The van der Waals surface area contributed by atoms with Crippen molar-refractivity contribution in [1.82, 2.24) is 4.90 Å². The van der Waals surface area contributed by atoms with Crippen LogP contribution in [0.15, 0.2) is 68.4 Å². The third kappa shape index (κ3) is 2.68. The topological polar surface area (TPSA) is 63.7 Å². The van der Waals surface area contributed by atoms with Crippen molar-refractivity contribution in [2.24, 2.45) is 0 Å². The molecule has 5 rings (SSSR count). The van der Waals surface area contributed by atoms with E-state index >= 15 is 0 Å². The van der Waals surface area contributed by atoms with Crippen LogP contribution in [0.2, 0.25) is 0 Å². The van der Waals surface area contributed by atoms with Crippen LogP contribution in [0, 0.1) is 19.7 Å². The molecule has 0 bridgehead atoms. The second kappa shape index (κ2) is 6.69. The number of amides is 1. The molecule has 5 nitrogen and oxygen atoms in total. The van der Waals surface area contributed by atoms with Crippen molar-refractivity contribution in [2.75, 3.05) is 0 Å². The Kier molecular flexibility index (Phi) is 4.10. The molecule has 3 heterocycles. The number of nitrogens with zero attached hydrogens (tertiary/aromatic N) is 1. The fraction of sp³-hybridized carbons (Fsp3) is 0.167. The number of carbonyl (C=O) groups excluding carboxylic acids is 1. The lowest BCUT2D eigenvalue weighted by atomic mass is 9.97. The van der Waals surface area contributed by atoms with Crippen LogP contribution >= 0.6 is 0 Å². The summed E-state index contributed by atoms with van der Waals surface area (Å²) >= 11 is 0. The van der Waals surface area contributed by atoms with E-state index in [0.717, 1.165) is 11.1 Å². The second-order valence-corrected chi connectivity index (χ2v) is 7.57. The van der Waals surface area contributed by atoms with Crippen LogP contribution in [0.1, 0.15) is 44.6 Å². The number of hydrogen-bond acceptors (Lipinski definition) is 4. The maximum atomic E-state index is 14.8. The van der Waals surface area contributed by atoms with Crippen LogP contribution in [0.3, 0.4) is 0 Å². The fourth-order valence-electron chi connectivity index (χ4n) is 4.23. The van der Waals surface area contributed by atoms with Crippen LogP contribution in [0.5, 0.6) is 0 Å². The van der Waals surface area contributed by atoms with Gasteiger partial charge in [0.05, 0.1) is 29.8 Å². The molecule has 1 aliphatic heterocycles. The molecule has 0 fully saturated rings. The van der Waals surface area contributed by atoms with Gasteiger partial charge in [-0.3, -0.25) is 9.59 Å². The largest absolute Gasteiger partial charge is 0.467 e. The van der Waals surface area contributed by atoms with Gasteiger partial charge < -0.3 is 13.7 Å². The molecule has 0 radical (unpaired) electrons. The Morgan fingerprint density at radius 1 is 1.07 bits per heavy atom. The van der Waals surface area contributed by atoms with E-state index in [9.17, 15) is 14.0 Å². The number of hydrogen-bond donors (Lipinski definition) is 0. The number of aryl methyl sites for hydroxylation is 2. The molecule has 1 unspecified atom stereocenters. The third-order valence-corrected chi connectivity index (χ3v) is 5.50. The standard InChI is InChI=1S/C24H18FNO4/c1-13-10-14(2)22-17(11-13)21(27)19-20(16-7-3-4-8-18(16)25)26(24(28)23(19)30-22)12-15-6-5-9-29-15/h3-11,20H,12H2,1-2H3. The van der Waals surface area contributed by atoms with Crippen molar-refractivity contribution < 1.29 is 18.0 Å². The molecule has 0 aliphatic carbocycles. The highest BCUT2D eigenvalue weighted by Crippen LogP contribution is 2.40. The van der Waals surface area contributed by atoms with Crippen LogP contribution in [0.4, 0.5) is 4.39 Å². The summed E-state index contributed by atoms with van der Waals surface area (Å²) in [5.41, 5.74) is 2.14. The number of benzene rings is 2. The van der Waals surface area contributed by atoms with Gasteiger partial charge >= 0.3 is 0 Å². The van der Waals surface area contributed by atoms with Crippen molar-refractivity contribution in [2.45, 2.75) is 26.4 Å². The fourth-order valence-corrected chi connectivity index (χ4v) is 4.23. The summed E-state index contributed by atoms with van der Waals surface area (Å²) < 4.78 is 26.2. The van der Waals surface area contributed by atoms with Gasteiger partial charge in [0, 0.05) is 5.56 Å². The highest BCUT2D eigenvalue weighted by Gasteiger charge is 2.44. The molecule has 2 aromatic carbocycles. The Morgan fingerprint density at radius 3 is 2.60 bits per heavy atom. The molecule has 1 aliphatic rings. The monoisotopic (exact) mass is 403 g/mol. The van der Waals surface area contributed by atoms with Crippen molar-refractivity contribution >= 4 is 16.9 Å². The maximum Gasteiger partial charge on any atom is 0.291 e. The first-order valence-corrected chi connectivity index (χ1v) is 9.61. The molecule has 2 aromatic heterocycles. The lowest BCUT2D eigenvalue weighted by molar-refractivity contribution is 0.0699. The molecule has 1 atom stereocenters. The van der Waals surface area contributed by atoms with Crippen molar-refractivity contribution in [3.05, 3.63) is 105 Å². The molecule has 0 spiro atoms. The van der Waals surface area contributed by atoms with Gasteiger partial charge in [-0.15, -0.1) is 0 Å². The Morgan fingerprint density at radius 2 is 1.87 bits per heavy atom. The summed E-state index contributed by atoms with van der Waals surface area (Å²) in [7, 11) is 0. The minimum Gasteiger partial charge on any atom is -0.467 e. The highest BCUT2D eigenvalue weighted by atomic mass is 19.1. The van der Waals surface area contributed by atoms with E-state index in [2.05, 4.69) is 0 Å². The smallest absolute Gasteiger partial charge is 0.291 e. The average Bonchev–Trinajstić information content (AvgIpc) is 3.32. The molecule has 4 aromatic rings. The van der Waals surface area contributed by atoms with Crippen molar-refractivity contribution in [3.8, 4) is 0 Å². The Hall–Kier alpha value is -3.67. The summed E-state index contributed by atoms with van der Waals surface area (Å²) in [5.74, 6) is -0.470. The molecule has 1 amide bonds.